The van der Waals surface area contributed by atoms with E-state index < -0.39 is 32.6 Å². The Bertz CT molecular complexity index is 2080. The highest BCUT2D eigenvalue weighted by Crippen LogP contribution is 2.37. The van der Waals surface area contributed by atoms with Crippen LogP contribution in [0.2, 0.25) is 5.02 Å². The fourth-order valence-corrected chi connectivity index (χ4v) is 8.50. The minimum absolute atomic E-state index is 0.0300. The van der Waals surface area contributed by atoms with Gasteiger partial charge in [-0.05, 0) is 110 Å². The van der Waals surface area contributed by atoms with E-state index in [4.69, 9.17) is 11.6 Å². The number of hydrogen-bond acceptors (Lipinski definition) is 9. The van der Waals surface area contributed by atoms with E-state index in [-0.39, 0.29) is 17.3 Å². The molecule has 15 heteroatoms. The SMILES string of the molecule is CN(C)CC[C@H](CSc1cccs1)Nc1ccc(S(=O)(=O)NC(=O)c2ccc(NCCNCc3ccccc3-c3ccc(Cl)cc3)cc2)cc1C(F)(F)F. The third-order valence-corrected chi connectivity index (χ3v) is 12.2. The molecule has 0 aliphatic rings. The van der Waals surface area contributed by atoms with Crippen molar-refractivity contribution in [2.45, 2.75) is 34.3 Å². The Morgan fingerprint density at radius 1 is 0.926 bits per heavy atom. The number of sulfonamides is 1. The van der Waals surface area contributed by atoms with Crippen LogP contribution in [-0.2, 0) is 22.7 Å². The van der Waals surface area contributed by atoms with E-state index in [9.17, 15) is 26.4 Å². The summed E-state index contributed by atoms with van der Waals surface area (Å²) in [6.45, 7) is 2.48. The number of nitrogens with zero attached hydrogens (tertiary/aromatic N) is 1. The summed E-state index contributed by atoms with van der Waals surface area (Å²) in [6.07, 6.45) is -4.30. The molecule has 0 spiro atoms. The number of thioether (sulfide) groups is 1. The molecule has 0 radical (unpaired) electrons. The Morgan fingerprint density at radius 3 is 2.35 bits per heavy atom. The van der Waals surface area contributed by atoms with Crippen molar-refractivity contribution in [3.63, 3.8) is 0 Å². The number of alkyl halides is 3. The van der Waals surface area contributed by atoms with E-state index in [2.05, 4.69) is 28.1 Å². The standard InChI is InChI=1S/C39H41ClF3N5O3S3/c1-48(2)22-19-32(26-53-37-8-5-23-52-37)46-36-18-17-33(24-35(36)39(41,42)43)54(50,51)47-38(49)28-11-15-31(16-12-28)45-21-20-44-25-29-6-3-4-7-34(29)27-9-13-30(40)14-10-27/h3-18,23-24,32,44-46H,19-22,25-26H2,1-2H3,(H,47,49)/t32-/m1/s1. The van der Waals surface area contributed by atoms with Crippen LogP contribution in [0.15, 0.2) is 118 Å². The minimum Gasteiger partial charge on any atom is -0.384 e. The maximum Gasteiger partial charge on any atom is 0.418 e. The molecule has 0 aliphatic carbocycles. The number of rotatable bonds is 18. The average Bonchev–Trinajstić information content (AvgIpc) is 3.67. The highest BCUT2D eigenvalue weighted by molar-refractivity contribution is 8.01. The lowest BCUT2D eigenvalue weighted by molar-refractivity contribution is -0.137. The van der Waals surface area contributed by atoms with Gasteiger partial charge in [0.05, 0.1) is 14.7 Å². The quantitative estimate of drug-likeness (QED) is 0.0514. The summed E-state index contributed by atoms with van der Waals surface area (Å²) in [5.41, 5.74) is 2.68. The molecule has 4 aromatic carbocycles. The molecule has 4 N–H and O–H groups in total. The summed E-state index contributed by atoms with van der Waals surface area (Å²) < 4.78 is 72.2. The zero-order valence-electron chi connectivity index (χ0n) is 29.6. The molecule has 0 bridgehead atoms. The lowest BCUT2D eigenvalue weighted by Gasteiger charge is -2.24. The van der Waals surface area contributed by atoms with Crippen LogP contribution >= 0.6 is 34.7 Å². The van der Waals surface area contributed by atoms with Gasteiger partial charge >= 0.3 is 6.18 Å². The van der Waals surface area contributed by atoms with Crippen LogP contribution in [0.1, 0.15) is 27.9 Å². The summed E-state index contributed by atoms with van der Waals surface area (Å²) in [5, 5.41) is 12.3. The molecular weight excluding hydrogens is 775 g/mol. The number of thiophene rings is 1. The maximum atomic E-state index is 14.3. The van der Waals surface area contributed by atoms with Gasteiger partial charge in [0.25, 0.3) is 15.9 Å². The number of carbonyl (C=O) groups excluding carboxylic acids is 1. The molecule has 1 atom stereocenters. The second-order valence-corrected chi connectivity index (χ2v) is 17.0. The Hall–Kier alpha value is -4.05. The van der Waals surface area contributed by atoms with E-state index >= 15 is 0 Å². The molecule has 1 amide bonds. The molecule has 1 aromatic heterocycles. The smallest absolute Gasteiger partial charge is 0.384 e. The van der Waals surface area contributed by atoms with Gasteiger partial charge in [-0.3, -0.25) is 4.79 Å². The van der Waals surface area contributed by atoms with Crippen molar-refractivity contribution in [1.29, 1.82) is 0 Å². The van der Waals surface area contributed by atoms with E-state index in [0.717, 1.165) is 33.0 Å². The molecule has 0 aliphatic heterocycles. The topological polar surface area (TPSA) is 103 Å². The Balaban J connectivity index is 1.16. The van der Waals surface area contributed by atoms with Crippen LogP contribution in [0, 0.1) is 0 Å². The summed E-state index contributed by atoms with van der Waals surface area (Å²) in [5.74, 6) is -0.457. The first-order valence-corrected chi connectivity index (χ1v) is 20.8. The molecule has 0 fully saturated rings. The number of carbonyl (C=O) groups is 1. The third kappa shape index (κ3) is 12.0. The highest BCUT2D eigenvalue weighted by atomic mass is 35.5. The van der Waals surface area contributed by atoms with Crippen LogP contribution in [0.5, 0.6) is 0 Å². The van der Waals surface area contributed by atoms with Crippen molar-refractivity contribution in [1.82, 2.24) is 14.9 Å². The van der Waals surface area contributed by atoms with Gasteiger partial charge in [0.1, 0.15) is 0 Å². The van der Waals surface area contributed by atoms with E-state index in [1.54, 1.807) is 35.2 Å². The van der Waals surface area contributed by atoms with Crippen molar-refractivity contribution in [3.8, 4) is 11.1 Å². The molecule has 5 aromatic rings. The zero-order valence-corrected chi connectivity index (χ0v) is 32.8. The van der Waals surface area contributed by atoms with Crippen molar-refractivity contribution < 1.29 is 26.4 Å². The van der Waals surface area contributed by atoms with Gasteiger partial charge in [0, 0.05) is 53.4 Å². The molecule has 0 saturated carbocycles. The third-order valence-electron chi connectivity index (χ3n) is 8.31. The van der Waals surface area contributed by atoms with Crippen molar-refractivity contribution in [3.05, 3.63) is 130 Å². The zero-order chi connectivity index (χ0) is 38.7. The van der Waals surface area contributed by atoms with E-state index in [0.29, 0.717) is 55.1 Å². The Labute approximate surface area is 327 Å². The number of anilines is 2. The van der Waals surface area contributed by atoms with Crippen LogP contribution in [0.3, 0.4) is 0 Å². The van der Waals surface area contributed by atoms with Crippen LogP contribution in [0.25, 0.3) is 11.1 Å². The normalized spacial score (nSPS) is 12.4. The van der Waals surface area contributed by atoms with Crippen LogP contribution in [-0.4, -0.2) is 64.7 Å². The molecule has 286 valence electrons. The minimum atomic E-state index is -4.86. The van der Waals surface area contributed by atoms with Gasteiger partial charge in [-0.15, -0.1) is 23.1 Å². The first kappa shape index (κ1) is 41.1. The van der Waals surface area contributed by atoms with Gasteiger partial charge < -0.3 is 20.9 Å². The first-order chi connectivity index (χ1) is 25.8. The molecule has 54 heavy (non-hydrogen) atoms. The fourth-order valence-electron chi connectivity index (χ4n) is 5.49. The molecule has 8 nitrogen and oxygen atoms in total. The Morgan fingerprint density at radius 2 is 1.67 bits per heavy atom. The fraction of sp³-hybridized carbons (Fsp3) is 0.256. The van der Waals surface area contributed by atoms with Gasteiger partial charge in [-0.25, -0.2) is 13.1 Å². The van der Waals surface area contributed by atoms with E-state index in [1.807, 2.05) is 77.6 Å². The number of hydrogen-bond donors (Lipinski definition) is 4. The van der Waals surface area contributed by atoms with E-state index in [1.165, 1.54) is 12.1 Å². The lowest BCUT2D eigenvalue weighted by Crippen LogP contribution is -2.31. The number of halogens is 4. The van der Waals surface area contributed by atoms with Gasteiger partial charge in [-0.1, -0.05) is 54.1 Å². The summed E-state index contributed by atoms with van der Waals surface area (Å²) in [7, 11) is -0.870. The van der Waals surface area contributed by atoms with Gasteiger partial charge in [-0.2, -0.15) is 13.2 Å². The average molecular weight is 816 g/mol. The second kappa shape index (κ2) is 19.0. The molecular formula is C39H41ClF3N5O3S3. The molecule has 5 rings (SSSR count). The summed E-state index contributed by atoms with van der Waals surface area (Å²) >= 11 is 9.14. The maximum absolute atomic E-state index is 14.3. The Kier molecular flexibility index (Phi) is 14.5. The number of amides is 1. The van der Waals surface area contributed by atoms with Gasteiger partial charge in [0.15, 0.2) is 0 Å². The second-order valence-electron chi connectivity index (χ2n) is 12.7. The number of nitrogens with one attached hydrogen (secondary N) is 4. The van der Waals surface area contributed by atoms with Gasteiger partial charge in [0.2, 0.25) is 0 Å². The largest absolute Gasteiger partial charge is 0.418 e. The van der Waals surface area contributed by atoms with Crippen molar-refractivity contribution in [2.75, 3.05) is 50.1 Å². The predicted octanol–water partition coefficient (Wildman–Crippen LogP) is 8.93. The molecule has 0 saturated heterocycles. The molecule has 1 heterocycles. The monoisotopic (exact) mass is 815 g/mol. The van der Waals surface area contributed by atoms with Crippen LogP contribution in [0.4, 0.5) is 24.5 Å². The first-order valence-electron chi connectivity index (χ1n) is 17.0. The van der Waals surface area contributed by atoms with Crippen molar-refractivity contribution >= 4 is 62.0 Å². The highest BCUT2D eigenvalue weighted by Gasteiger charge is 2.36. The van der Waals surface area contributed by atoms with Crippen molar-refractivity contribution in [2.24, 2.45) is 0 Å². The summed E-state index contributed by atoms with van der Waals surface area (Å²) in [4.78, 5) is 14.2. The van der Waals surface area contributed by atoms with Crippen LogP contribution < -0.4 is 20.7 Å². The number of benzene rings is 4. The summed E-state index contributed by atoms with van der Waals surface area (Å²) in [6, 6.07) is 28.2. The predicted molar refractivity (Wildman–Crippen MR) is 215 cm³/mol. The lowest BCUT2D eigenvalue weighted by atomic mass is 10.00. The molecule has 0 unspecified atom stereocenters.